The van der Waals surface area contributed by atoms with Gasteiger partial charge in [-0.25, -0.2) is 4.98 Å². The zero-order chi connectivity index (χ0) is 18.6. The summed E-state index contributed by atoms with van der Waals surface area (Å²) in [4.78, 5) is 31.0. The minimum absolute atomic E-state index is 0.0486. The fourth-order valence-electron chi connectivity index (χ4n) is 2.22. The van der Waals surface area contributed by atoms with Crippen molar-refractivity contribution in [2.75, 3.05) is 19.0 Å². The van der Waals surface area contributed by atoms with E-state index < -0.39 is 5.54 Å². The Morgan fingerprint density at radius 1 is 1.24 bits per heavy atom. The zero-order valence-electron chi connectivity index (χ0n) is 15.1. The number of aromatic nitrogens is 1. The van der Waals surface area contributed by atoms with Crippen LogP contribution in [0.1, 0.15) is 36.8 Å². The molecule has 0 unspecified atom stereocenters. The highest BCUT2D eigenvalue weighted by atomic mass is 32.1. The van der Waals surface area contributed by atoms with Crippen molar-refractivity contribution in [3.63, 3.8) is 0 Å². The van der Waals surface area contributed by atoms with Crippen LogP contribution in [0.15, 0.2) is 29.6 Å². The monoisotopic (exact) mass is 361 g/mol. The summed E-state index contributed by atoms with van der Waals surface area (Å²) >= 11 is 1.36. The number of hydrogen-bond acceptors (Lipinski definition) is 5. The first-order chi connectivity index (χ1) is 11.7. The van der Waals surface area contributed by atoms with E-state index in [0.29, 0.717) is 16.4 Å². The fraction of sp³-hybridized carbons (Fsp3) is 0.389. The van der Waals surface area contributed by atoms with Gasteiger partial charge in [-0.3, -0.25) is 9.59 Å². The first-order valence-electron chi connectivity index (χ1n) is 7.88. The van der Waals surface area contributed by atoms with E-state index in [1.165, 1.54) is 11.3 Å². The summed E-state index contributed by atoms with van der Waals surface area (Å²) in [5.74, 6) is 0.197. The quantitative estimate of drug-likeness (QED) is 0.887. The first-order valence-corrected chi connectivity index (χ1v) is 8.76. The van der Waals surface area contributed by atoms with Gasteiger partial charge in [-0.2, -0.15) is 0 Å². The Labute approximate surface area is 151 Å². The van der Waals surface area contributed by atoms with E-state index >= 15 is 0 Å². The number of nitrogens with one attached hydrogen (secondary N) is 1. The number of rotatable bonds is 5. The van der Waals surface area contributed by atoms with E-state index in [2.05, 4.69) is 10.3 Å². The second-order valence-electron chi connectivity index (χ2n) is 6.63. The van der Waals surface area contributed by atoms with Gasteiger partial charge in [-0.1, -0.05) is 0 Å². The normalized spacial score (nSPS) is 11.1. The third kappa shape index (κ3) is 5.03. The molecule has 2 aromatic rings. The van der Waals surface area contributed by atoms with Crippen molar-refractivity contribution in [1.29, 1.82) is 0 Å². The van der Waals surface area contributed by atoms with Gasteiger partial charge in [0.15, 0.2) is 5.13 Å². The van der Waals surface area contributed by atoms with Gasteiger partial charge in [0.05, 0.1) is 12.8 Å². The van der Waals surface area contributed by atoms with Gasteiger partial charge in [0, 0.05) is 16.5 Å². The van der Waals surface area contributed by atoms with E-state index in [0.717, 1.165) is 5.69 Å². The molecule has 0 aliphatic heterocycles. The molecular weight excluding hydrogens is 338 g/mol. The molecular formula is C18H23N3O3S. The lowest BCUT2D eigenvalue weighted by molar-refractivity contribution is -0.117. The minimum Gasteiger partial charge on any atom is -0.497 e. The summed E-state index contributed by atoms with van der Waals surface area (Å²) in [5, 5.41) is 5.14. The summed E-state index contributed by atoms with van der Waals surface area (Å²) in [6.07, 6.45) is 0. The first kappa shape index (κ1) is 18.9. The number of methoxy groups -OCH3 is 1. The molecule has 1 heterocycles. The molecule has 0 aliphatic carbocycles. The Hall–Kier alpha value is -2.41. The predicted octanol–water partition coefficient (Wildman–Crippen LogP) is 3.34. The van der Waals surface area contributed by atoms with Crippen molar-refractivity contribution in [3.8, 4) is 5.75 Å². The second-order valence-corrected chi connectivity index (χ2v) is 7.49. The largest absolute Gasteiger partial charge is 0.497 e. The molecule has 0 saturated heterocycles. The second kappa shape index (κ2) is 7.65. The molecule has 0 bridgehead atoms. The molecule has 1 aromatic carbocycles. The zero-order valence-corrected chi connectivity index (χ0v) is 15.9. The van der Waals surface area contributed by atoms with Gasteiger partial charge in [-0.05, 0) is 52.0 Å². The lowest BCUT2D eigenvalue weighted by atomic mass is 10.0. The number of amides is 2. The van der Waals surface area contributed by atoms with Gasteiger partial charge >= 0.3 is 0 Å². The molecule has 1 aromatic heterocycles. The molecule has 0 spiro atoms. The molecule has 0 saturated carbocycles. The number of thiazole rings is 1. The Kier molecular flexibility index (Phi) is 5.79. The lowest BCUT2D eigenvalue weighted by Crippen LogP contribution is -2.49. The van der Waals surface area contributed by atoms with Crippen molar-refractivity contribution in [1.82, 2.24) is 9.88 Å². The number of benzene rings is 1. The van der Waals surface area contributed by atoms with Crippen molar-refractivity contribution in [2.45, 2.75) is 33.2 Å². The van der Waals surface area contributed by atoms with E-state index in [4.69, 9.17) is 4.74 Å². The van der Waals surface area contributed by atoms with E-state index in [9.17, 15) is 9.59 Å². The summed E-state index contributed by atoms with van der Waals surface area (Å²) in [7, 11) is 1.57. The van der Waals surface area contributed by atoms with Crippen molar-refractivity contribution < 1.29 is 14.3 Å². The maximum atomic E-state index is 12.9. The van der Waals surface area contributed by atoms with Crippen molar-refractivity contribution in [2.24, 2.45) is 0 Å². The molecule has 134 valence electrons. The molecule has 0 atom stereocenters. The van der Waals surface area contributed by atoms with Gasteiger partial charge in [0.1, 0.15) is 12.3 Å². The number of hydrogen-bond donors (Lipinski definition) is 1. The van der Waals surface area contributed by atoms with Gasteiger partial charge in [0.25, 0.3) is 5.91 Å². The molecule has 6 nitrogen and oxygen atoms in total. The van der Waals surface area contributed by atoms with Crippen LogP contribution in [0.4, 0.5) is 5.13 Å². The lowest BCUT2D eigenvalue weighted by Gasteiger charge is -2.35. The Morgan fingerprint density at radius 3 is 2.36 bits per heavy atom. The maximum Gasteiger partial charge on any atom is 0.254 e. The van der Waals surface area contributed by atoms with Crippen LogP contribution in [-0.2, 0) is 4.79 Å². The number of carbonyl (C=O) groups excluding carboxylic acids is 2. The van der Waals surface area contributed by atoms with Crippen LogP contribution >= 0.6 is 11.3 Å². The highest BCUT2D eigenvalue weighted by Crippen LogP contribution is 2.20. The third-order valence-corrected chi connectivity index (χ3v) is 4.43. The molecule has 0 fully saturated rings. The van der Waals surface area contributed by atoms with Crippen molar-refractivity contribution >= 4 is 28.3 Å². The molecule has 7 heteroatoms. The SMILES string of the molecule is COc1ccc(C(=O)N(CC(=O)Nc2nc(C)cs2)C(C)(C)C)cc1. The predicted molar refractivity (Wildman–Crippen MR) is 99.3 cm³/mol. The molecule has 0 radical (unpaired) electrons. The van der Waals surface area contributed by atoms with Crippen LogP contribution in [-0.4, -0.2) is 40.9 Å². The van der Waals surface area contributed by atoms with Gasteiger partial charge in [0.2, 0.25) is 5.91 Å². The molecule has 2 amide bonds. The number of aryl methyl sites for hydroxylation is 1. The number of carbonyl (C=O) groups is 2. The average molecular weight is 361 g/mol. The Morgan fingerprint density at radius 2 is 1.88 bits per heavy atom. The van der Waals surface area contributed by atoms with Gasteiger partial charge in [-0.15, -0.1) is 11.3 Å². The summed E-state index contributed by atoms with van der Waals surface area (Å²) < 4.78 is 5.11. The third-order valence-electron chi connectivity index (χ3n) is 3.56. The number of ether oxygens (including phenoxy) is 1. The number of anilines is 1. The summed E-state index contributed by atoms with van der Waals surface area (Å²) in [5.41, 5.74) is 0.851. The summed E-state index contributed by atoms with van der Waals surface area (Å²) in [6.45, 7) is 7.51. The standard InChI is InChI=1S/C18H23N3O3S/c1-12-11-25-17(19-12)20-15(22)10-21(18(2,3)4)16(23)13-6-8-14(24-5)9-7-13/h6-9,11H,10H2,1-5H3,(H,19,20,22). The van der Waals surface area contributed by atoms with Crippen LogP contribution in [0.5, 0.6) is 5.75 Å². The van der Waals surface area contributed by atoms with Crippen LogP contribution in [0.3, 0.4) is 0 Å². The highest BCUT2D eigenvalue weighted by molar-refractivity contribution is 7.13. The van der Waals surface area contributed by atoms with Crippen LogP contribution in [0.25, 0.3) is 0 Å². The highest BCUT2D eigenvalue weighted by Gasteiger charge is 2.29. The number of nitrogens with zero attached hydrogens (tertiary/aromatic N) is 2. The minimum atomic E-state index is -0.507. The summed E-state index contributed by atoms with van der Waals surface area (Å²) in [6, 6.07) is 6.85. The molecule has 2 rings (SSSR count). The average Bonchev–Trinajstić information content (AvgIpc) is 2.96. The maximum absolute atomic E-state index is 12.9. The van der Waals surface area contributed by atoms with E-state index in [-0.39, 0.29) is 18.4 Å². The Balaban J connectivity index is 2.14. The smallest absolute Gasteiger partial charge is 0.254 e. The van der Waals surface area contributed by atoms with Crippen LogP contribution in [0.2, 0.25) is 0 Å². The molecule has 0 aliphatic rings. The van der Waals surface area contributed by atoms with Crippen LogP contribution < -0.4 is 10.1 Å². The van der Waals surface area contributed by atoms with E-state index in [1.807, 2.05) is 33.1 Å². The topological polar surface area (TPSA) is 71.5 Å². The molecule has 25 heavy (non-hydrogen) atoms. The fourth-order valence-corrected chi connectivity index (χ4v) is 2.92. The van der Waals surface area contributed by atoms with Crippen LogP contribution in [0, 0.1) is 6.92 Å². The Bertz CT molecular complexity index is 748. The molecule has 1 N–H and O–H groups in total. The van der Waals surface area contributed by atoms with E-state index in [1.54, 1.807) is 36.3 Å². The van der Waals surface area contributed by atoms with Gasteiger partial charge < -0.3 is 15.0 Å². The van der Waals surface area contributed by atoms with Crippen molar-refractivity contribution in [3.05, 3.63) is 40.9 Å².